The molecule has 2 atom stereocenters. The van der Waals surface area contributed by atoms with Crippen molar-refractivity contribution in [1.29, 1.82) is 0 Å². The van der Waals surface area contributed by atoms with Crippen LogP contribution in [0.2, 0.25) is 0 Å². The third-order valence-electron chi connectivity index (χ3n) is 8.06. The lowest BCUT2D eigenvalue weighted by Gasteiger charge is -2.22. The van der Waals surface area contributed by atoms with Crippen LogP contribution in [0.3, 0.4) is 0 Å². The van der Waals surface area contributed by atoms with Crippen molar-refractivity contribution in [3.05, 3.63) is 142 Å². The van der Waals surface area contributed by atoms with Gasteiger partial charge in [0.1, 0.15) is 11.6 Å². The van der Waals surface area contributed by atoms with Crippen LogP contribution in [0.5, 0.6) is 0 Å². The molecular formula is C42H43ClF2N2O5. The summed E-state index contributed by atoms with van der Waals surface area (Å²) in [7, 11) is 0. The van der Waals surface area contributed by atoms with Gasteiger partial charge in [0, 0.05) is 47.6 Å². The predicted octanol–water partition coefficient (Wildman–Crippen LogP) is 7.10. The minimum Gasteiger partial charge on any atom is -0.478 e. The molecule has 4 N–H and O–H groups in total. The number of carbonyl (C=O) groups excluding carboxylic acids is 1. The highest BCUT2D eigenvalue weighted by molar-refractivity contribution is 5.94. The minimum atomic E-state index is -0.965. The van der Waals surface area contributed by atoms with E-state index in [1.165, 1.54) is 49.2 Å². The zero-order valence-corrected chi connectivity index (χ0v) is 29.6. The van der Waals surface area contributed by atoms with Gasteiger partial charge in [-0.3, -0.25) is 4.79 Å². The van der Waals surface area contributed by atoms with Crippen molar-refractivity contribution in [2.24, 2.45) is 17.6 Å². The Morgan fingerprint density at radius 2 is 1.04 bits per heavy atom. The average molecular weight is 729 g/mol. The molecule has 0 spiro atoms. The smallest absolute Gasteiger partial charge is 0.335 e. The van der Waals surface area contributed by atoms with Crippen LogP contribution in [0.15, 0.2) is 97.1 Å². The van der Waals surface area contributed by atoms with Crippen molar-refractivity contribution in [1.82, 2.24) is 5.32 Å². The van der Waals surface area contributed by atoms with Crippen LogP contribution in [-0.2, 0) is 9.47 Å². The van der Waals surface area contributed by atoms with Gasteiger partial charge in [0.05, 0.1) is 18.8 Å². The molecule has 2 heterocycles. The first kappa shape index (κ1) is 41.4. The highest BCUT2D eigenvalue weighted by Crippen LogP contribution is 2.13. The van der Waals surface area contributed by atoms with Gasteiger partial charge >= 0.3 is 5.97 Å². The molecule has 0 radical (unpaired) electrons. The number of nitrogens with two attached hydrogens (primary N) is 1. The van der Waals surface area contributed by atoms with Gasteiger partial charge in [-0.25, -0.2) is 13.6 Å². The van der Waals surface area contributed by atoms with E-state index in [0.29, 0.717) is 35.1 Å². The molecule has 0 saturated carbocycles. The van der Waals surface area contributed by atoms with Crippen molar-refractivity contribution in [2.45, 2.75) is 25.7 Å². The van der Waals surface area contributed by atoms with Gasteiger partial charge in [0.25, 0.3) is 5.91 Å². The quantitative estimate of drug-likeness (QED) is 0.189. The van der Waals surface area contributed by atoms with Crippen LogP contribution < -0.4 is 11.1 Å². The summed E-state index contributed by atoms with van der Waals surface area (Å²) in [5, 5.41) is 11.7. The first-order chi connectivity index (χ1) is 24.8. The Labute approximate surface area is 310 Å². The average Bonchev–Trinajstić information content (AvgIpc) is 3.18. The molecule has 0 unspecified atom stereocenters. The van der Waals surface area contributed by atoms with E-state index < -0.39 is 5.97 Å². The van der Waals surface area contributed by atoms with E-state index in [1.807, 2.05) is 12.1 Å². The van der Waals surface area contributed by atoms with E-state index in [0.717, 1.165) is 56.9 Å². The number of benzene rings is 4. The number of hydrogen-bond donors (Lipinski definition) is 3. The number of rotatable bonds is 5. The SMILES string of the molecule is Cl.NC[C@@H]1CCCOC1.O=C(NC[C@@H]1CCCOC1)c1ccc(C#Cc2ccc(F)cc2)cc1.O=C(O)c1ccc(C#Cc2ccc(F)cc2)cc1. The molecule has 2 aliphatic heterocycles. The Balaban J connectivity index is 0.000000235. The molecule has 2 saturated heterocycles. The topological polar surface area (TPSA) is 111 Å². The molecule has 2 aliphatic rings. The first-order valence-corrected chi connectivity index (χ1v) is 16.9. The summed E-state index contributed by atoms with van der Waals surface area (Å²) in [5.74, 6) is 11.2. The normalized spacial score (nSPS) is 15.9. The Kier molecular flexibility index (Phi) is 18.1. The van der Waals surface area contributed by atoms with E-state index in [2.05, 4.69) is 29.0 Å². The van der Waals surface area contributed by atoms with Crippen molar-refractivity contribution in [2.75, 3.05) is 39.5 Å². The summed E-state index contributed by atoms with van der Waals surface area (Å²) >= 11 is 0. The van der Waals surface area contributed by atoms with Crippen LogP contribution >= 0.6 is 12.4 Å². The molecule has 6 rings (SSSR count). The second kappa shape index (κ2) is 22.7. The van der Waals surface area contributed by atoms with Gasteiger partial charge in [-0.1, -0.05) is 23.7 Å². The van der Waals surface area contributed by atoms with E-state index >= 15 is 0 Å². The van der Waals surface area contributed by atoms with Gasteiger partial charge in [-0.05, 0) is 141 Å². The number of amides is 1. The van der Waals surface area contributed by atoms with Crippen LogP contribution in [0.25, 0.3) is 0 Å². The van der Waals surface area contributed by atoms with Crippen molar-refractivity contribution in [3.8, 4) is 23.7 Å². The van der Waals surface area contributed by atoms with Gasteiger partial charge in [0.2, 0.25) is 0 Å². The Bertz CT molecular complexity index is 1800. The van der Waals surface area contributed by atoms with E-state index in [1.54, 1.807) is 48.5 Å². The maximum absolute atomic E-state index is 12.9. The van der Waals surface area contributed by atoms with Crippen molar-refractivity contribution < 1.29 is 33.0 Å². The summed E-state index contributed by atoms with van der Waals surface area (Å²) in [4.78, 5) is 22.8. The van der Waals surface area contributed by atoms with Crippen LogP contribution in [0.1, 0.15) is 68.7 Å². The van der Waals surface area contributed by atoms with Crippen LogP contribution in [0.4, 0.5) is 8.78 Å². The molecule has 4 aromatic rings. The Hall–Kier alpha value is -5.03. The standard InChI is InChI=1S/C21H20FNO2.C15H9FO2.C6H13NO.ClH/c22-20-11-7-17(8-12-20)4-3-16-5-9-19(10-6-16)21(24)23-14-18-2-1-13-25-15-18;16-14-9-5-12(6-10-14)2-1-11-3-7-13(8-4-11)15(17)18;7-4-6-2-1-3-8-5-6;/h5-12,18H,1-2,13-15H2,(H,23,24);3-10H,(H,17,18);6H,1-5,7H2;1H/t18-;;6-;/m0.0./s1. The summed E-state index contributed by atoms with van der Waals surface area (Å²) in [6, 6.07) is 25.3. The molecule has 10 heteroatoms. The van der Waals surface area contributed by atoms with E-state index in [-0.39, 0.29) is 35.5 Å². The molecule has 7 nitrogen and oxygen atoms in total. The number of carboxylic acid groups (broad SMARTS) is 1. The largest absolute Gasteiger partial charge is 0.478 e. The number of hydrogen-bond acceptors (Lipinski definition) is 5. The fourth-order valence-corrected chi connectivity index (χ4v) is 5.06. The number of ether oxygens (including phenoxy) is 2. The third-order valence-corrected chi connectivity index (χ3v) is 8.06. The lowest BCUT2D eigenvalue weighted by atomic mass is 10.0. The van der Waals surface area contributed by atoms with Gasteiger partial charge < -0.3 is 25.6 Å². The van der Waals surface area contributed by atoms with Crippen LogP contribution in [-0.4, -0.2) is 56.5 Å². The number of nitrogens with one attached hydrogen (secondary N) is 1. The first-order valence-electron chi connectivity index (χ1n) is 16.9. The lowest BCUT2D eigenvalue weighted by molar-refractivity contribution is 0.0536. The summed E-state index contributed by atoms with van der Waals surface area (Å²) in [6.07, 6.45) is 4.61. The van der Waals surface area contributed by atoms with Crippen molar-refractivity contribution >= 4 is 24.3 Å². The maximum Gasteiger partial charge on any atom is 0.335 e. The van der Waals surface area contributed by atoms with Gasteiger partial charge in [0.15, 0.2) is 0 Å². The number of aromatic carboxylic acids is 1. The predicted molar refractivity (Wildman–Crippen MR) is 200 cm³/mol. The van der Waals surface area contributed by atoms with E-state index in [4.69, 9.17) is 20.3 Å². The molecule has 1 amide bonds. The number of halogens is 3. The van der Waals surface area contributed by atoms with Gasteiger partial charge in [-0.2, -0.15) is 0 Å². The highest BCUT2D eigenvalue weighted by Gasteiger charge is 2.15. The summed E-state index contributed by atoms with van der Waals surface area (Å²) in [5.41, 5.74) is 9.24. The molecular weight excluding hydrogens is 686 g/mol. The second-order valence-electron chi connectivity index (χ2n) is 12.1. The lowest BCUT2D eigenvalue weighted by Crippen LogP contribution is -2.33. The Morgan fingerprint density at radius 1 is 0.654 bits per heavy atom. The summed E-state index contributed by atoms with van der Waals surface area (Å²) < 4.78 is 36.1. The molecule has 2 fully saturated rings. The zero-order valence-electron chi connectivity index (χ0n) is 28.8. The molecule has 4 aromatic carbocycles. The van der Waals surface area contributed by atoms with Gasteiger partial charge in [-0.15, -0.1) is 12.4 Å². The zero-order chi connectivity index (χ0) is 36.3. The summed E-state index contributed by atoms with van der Waals surface area (Å²) in [6.45, 7) is 4.81. The van der Waals surface area contributed by atoms with Crippen molar-refractivity contribution in [3.63, 3.8) is 0 Å². The van der Waals surface area contributed by atoms with E-state index in [9.17, 15) is 18.4 Å². The Morgan fingerprint density at radius 3 is 1.38 bits per heavy atom. The third kappa shape index (κ3) is 15.1. The molecule has 0 aliphatic carbocycles. The number of carbonyl (C=O) groups is 2. The molecule has 0 bridgehead atoms. The molecule has 52 heavy (non-hydrogen) atoms. The highest BCUT2D eigenvalue weighted by atomic mass is 35.5. The maximum atomic E-state index is 12.9. The van der Waals surface area contributed by atoms with Crippen LogP contribution in [0, 0.1) is 47.2 Å². The molecule has 272 valence electrons. The second-order valence-corrected chi connectivity index (χ2v) is 12.1. The molecule has 0 aromatic heterocycles. The monoisotopic (exact) mass is 728 g/mol. The fraction of sp³-hybridized carbons (Fsp3) is 0.286. The minimum absolute atomic E-state index is 0. The number of carboxylic acids is 1. The fourth-order valence-electron chi connectivity index (χ4n) is 5.06.